The van der Waals surface area contributed by atoms with Crippen molar-refractivity contribution in [2.45, 2.75) is 31.8 Å². The molecule has 0 aromatic carbocycles. The molecule has 0 bridgehead atoms. The summed E-state index contributed by atoms with van der Waals surface area (Å²) in [7, 11) is 0. The van der Waals surface area contributed by atoms with Gasteiger partial charge in [0.15, 0.2) is 0 Å². The molecule has 0 aromatic rings. The van der Waals surface area contributed by atoms with Crippen LogP contribution >= 0.6 is 0 Å². The maximum absolute atomic E-state index is 12.0. The van der Waals surface area contributed by atoms with Crippen LogP contribution in [-0.4, -0.2) is 49.1 Å². The van der Waals surface area contributed by atoms with Gasteiger partial charge in [0, 0.05) is 32.2 Å². The highest BCUT2D eigenvalue weighted by Gasteiger charge is 2.24. The maximum atomic E-state index is 12.0. The minimum absolute atomic E-state index is 0.00250. The first-order valence-electron chi connectivity index (χ1n) is 6.17. The standard InChI is InChI=1S/C12H21N3O/c1-10(15-8-6-13-7-9-15)12(16)14-11-4-2-3-5-11/h2-3,10-11,13H,4-9H2,1H3,(H,14,16). The van der Waals surface area contributed by atoms with Crippen molar-refractivity contribution in [3.05, 3.63) is 12.2 Å². The van der Waals surface area contributed by atoms with Gasteiger partial charge in [0.1, 0.15) is 0 Å². The molecular weight excluding hydrogens is 202 g/mol. The fraction of sp³-hybridized carbons (Fsp3) is 0.750. The zero-order valence-corrected chi connectivity index (χ0v) is 9.91. The molecule has 1 fully saturated rings. The molecule has 1 heterocycles. The highest BCUT2D eigenvalue weighted by molar-refractivity contribution is 5.81. The van der Waals surface area contributed by atoms with E-state index in [0.717, 1.165) is 39.0 Å². The van der Waals surface area contributed by atoms with Crippen LogP contribution in [0.2, 0.25) is 0 Å². The average molecular weight is 223 g/mol. The Balaban J connectivity index is 1.78. The summed E-state index contributed by atoms with van der Waals surface area (Å²) < 4.78 is 0. The van der Waals surface area contributed by atoms with Crippen LogP contribution in [0.5, 0.6) is 0 Å². The Morgan fingerprint density at radius 1 is 1.38 bits per heavy atom. The molecule has 1 aliphatic heterocycles. The van der Waals surface area contributed by atoms with Gasteiger partial charge in [0.05, 0.1) is 6.04 Å². The number of piperazine rings is 1. The van der Waals surface area contributed by atoms with Gasteiger partial charge in [-0.3, -0.25) is 9.69 Å². The predicted molar refractivity (Wildman–Crippen MR) is 64.2 cm³/mol. The summed E-state index contributed by atoms with van der Waals surface area (Å²) in [4.78, 5) is 14.2. The molecule has 0 aromatic heterocycles. The van der Waals surface area contributed by atoms with Gasteiger partial charge in [-0.05, 0) is 19.8 Å². The van der Waals surface area contributed by atoms with Gasteiger partial charge in [0.25, 0.3) is 0 Å². The van der Waals surface area contributed by atoms with E-state index in [1.807, 2.05) is 6.92 Å². The third-order valence-electron chi connectivity index (χ3n) is 3.43. The van der Waals surface area contributed by atoms with E-state index in [9.17, 15) is 4.79 Å². The van der Waals surface area contributed by atoms with Crippen molar-refractivity contribution in [2.75, 3.05) is 26.2 Å². The van der Waals surface area contributed by atoms with E-state index in [1.54, 1.807) is 0 Å². The molecule has 2 N–H and O–H groups in total. The highest BCUT2D eigenvalue weighted by Crippen LogP contribution is 2.10. The molecule has 90 valence electrons. The van der Waals surface area contributed by atoms with Crippen molar-refractivity contribution in [2.24, 2.45) is 0 Å². The van der Waals surface area contributed by atoms with Crippen molar-refractivity contribution in [1.82, 2.24) is 15.5 Å². The van der Waals surface area contributed by atoms with Crippen LogP contribution in [0, 0.1) is 0 Å². The molecule has 1 unspecified atom stereocenters. The fourth-order valence-corrected chi connectivity index (χ4v) is 2.29. The van der Waals surface area contributed by atoms with Crippen molar-refractivity contribution < 1.29 is 4.79 Å². The van der Waals surface area contributed by atoms with Crippen LogP contribution in [-0.2, 0) is 4.79 Å². The Hall–Kier alpha value is -0.870. The van der Waals surface area contributed by atoms with E-state index < -0.39 is 0 Å². The van der Waals surface area contributed by atoms with E-state index in [1.165, 1.54) is 0 Å². The molecule has 0 saturated carbocycles. The van der Waals surface area contributed by atoms with Gasteiger partial charge in [-0.1, -0.05) is 12.2 Å². The molecule has 2 rings (SSSR count). The lowest BCUT2D eigenvalue weighted by molar-refractivity contribution is -0.126. The summed E-state index contributed by atoms with van der Waals surface area (Å²) in [5, 5.41) is 6.41. The van der Waals surface area contributed by atoms with Crippen LogP contribution in [0.25, 0.3) is 0 Å². The van der Waals surface area contributed by atoms with Gasteiger partial charge < -0.3 is 10.6 Å². The second-order valence-electron chi connectivity index (χ2n) is 4.61. The molecule has 1 amide bonds. The Bertz CT molecular complexity index is 263. The largest absolute Gasteiger partial charge is 0.351 e. The van der Waals surface area contributed by atoms with E-state index in [0.29, 0.717) is 6.04 Å². The van der Waals surface area contributed by atoms with Gasteiger partial charge in [-0.2, -0.15) is 0 Å². The van der Waals surface area contributed by atoms with Crippen LogP contribution < -0.4 is 10.6 Å². The smallest absolute Gasteiger partial charge is 0.237 e. The first-order chi connectivity index (χ1) is 7.77. The number of carbonyl (C=O) groups excluding carboxylic acids is 1. The fourth-order valence-electron chi connectivity index (χ4n) is 2.29. The molecule has 1 atom stereocenters. The lowest BCUT2D eigenvalue weighted by Crippen LogP contribution is -2.53. The SMILES string of the molecule is CC(C(=O)NC1CC=CC1)N1CCNCC1. The topological polar surface area (TPSA) is 44.4 Å². The Morgan fingerprint density at radius 2 is 2.00 bits per heavy atom. The molecule has 4 heteroatoms. The molecule has 1 saturated heterocycles. The summed E-state index contributed by atoms with van der Waals surface area (Å²) in [6.07, 6.45) is 6.25. The van der Waals surface area contributed by atoms with E-state index in [4.69, 9.17) is 0 Å². The second kappa shape index (κ2) is 5.46. The van der Waals surface area contributed by atoms with Crippen molar-refractivity contribution in [3.8, 4) is 0 Å². The first-order valence-corrected chi connectivity index (χ1v) is 6.17. The molecule has 1 aliphatic carbocycles. The van der Waals surface area contributed by atoms with Crippen LogP contribution in [0.1, 0.15) is 19.8 Å². The third kappa shape index (κ3) is 2.83. The number of rotatable bonds is 3. The lowest BCUT2D eigenvalue weighted by Gasteiger charge is -2.32. The molecular formula is C12H21N3O. The quantitative estimate of drug-likeness (QED) is 0.668. The number of hydrogen-bond donors (Lipinski definition) is 2. The third-order valence-corrected chi connectivity index (χ3v) is 3.43. The summed E-state index contributed by atoms with van der Waals surface area (Å²) in [6, 6.07) is 0.334. The average Bonchev–Trinajstić information content (AvgIpc) is 2.82. The lowest BCUT2D eigenvalue weighted by atomic mass is 10.2. The monoisotopic (exact) mass is 223 g/mol. The molecule has 0 spiro atoms. The molecule has 0 radical (unpaired) electrons. The maximum Gasteiger partial charge on any atom is 0.237 e. The van der Waals surface area contributed by atoms with E-state index in [-0.39, 0.29) is 11.9 Å². The van der Waals surface area contributed by atoms with Gasteiger partial charge in [0.2, 0.25) is 5.91 Å². The predicted octanol–water partition coefficient (Wildman–Crippen LogP) is 0.115. The summed E-state index contributed by atoms with van der Waals surface area (Å²) in [5.41, 5.74) is 0. The van der Waals surface area contributed by atoms with Crippen LogP contribution in [0.3, 0.4) is 0 Å². The summed E-state index contributed by atoms with van der Waals surface area (Å²) in [5.74, 6) is 0.176. The van der Waals surface area contributed by atoms with E-state index >= 15 is 0 Å². The van der Waals surface area contributed by atoms with Crippen molar-refractivity contribution >= 4 is 5.91 Å². The van der Waals surface area contributed by atoms with Crippen LogP contribution in [0.15, 0.2) is 12.2 Å². The summed E-state index contributed by atoms with van der Waals surface area (Å²) in [6.45, 7) is 5.92. The summed E-state index contributed by atoms with van der Waals surface area (Å²) >= 11 is 0. The molecule has 16 heavy (non-hydrogen) atoms. The zero-order chi connectivity index (χ0) is 11.4. The molecule has 2 aliphatic rings. The van der Waals surface area contributed by atoms with Crippen molar-refractivity contribution in [1.29, 1.82) is 0 Å². The number of hydrogen-bond acceptors (Lipinski definition) is 3. The second-order valence-corrected chi connectivity index (χ2v) is 4.61. The first kappa shape index (κ1) is 11.6. The number of carbonyl (C=O) groups is 1. The Labute approximate surface area is 97.1 Å². The van der Waals surface area contributed by atoms with Gasteiger partial charge in [-0.15, -0.1) is 0 Å². The Kier molecular flexibility index (Phi) is 3.96. The minimum Gasteiger partial charge on any atom is -0.351 e. The van der Waals surface area contributed by atoms with Crippen LogP contribution in [0.4, 0.5) is 0 Å². The number of amides is 1. The van der Waals surface area contributed by atoms with Gasteiger partial charge >= 0.3 is 0 Å². The molecule has 4 nitrogen and oxygen atoms in total. The van der Waals surface area contributed by atoms with E-state index in [2.05, 4.69) is 27.7 Å². The Morgan fingerprint density at radius 3 is 2.62 bits per heavy atom. The highest BCUT2D eigenvalue weighted by atomic mass is 16.2. The number of nitrogens with one attached hydrogen (secondary N) is 2. The van der Waals surface area contributed by atoms with Gasteiger partial charge in [-0.25, -0.2) is 0 Å². The van der Waals surface area contributed by atoms with Crippen molar-refractivity contribution in [3.63, 3.8) is 0 Å². The normalized spacial score (nSPS) is 24.6. The minimum atomic E-state index is 0.00250. The number of nitrogens with zero attached hydrogens (tertiary/aromatic N) is 1. The zero-order valence-electron chi connectivity index (χ0n) is 9.91.